The van der Waals surface area contributed by atoms with Crippen molar-refractivity contribution in [3.8, 4) is 0 Å². The maximum atomic E-state index is 12.6. The van der Waals surface area contributed by atoms with Crippen LogP contribution in [0.2, 0.25) is 0 Å². The quantitative estimate of drug-likeness (QED) is 0.784. The molecule has 2 aromatic carbocycles. The number of ether oxygens (including phenoxy) is 1. The molecule has 0 radical (unpaired) electrons. The van der Waals surface area contributed by atoms with Crippen LogP contribution in [0.5, 0.6) is 0 Å². The summed E-state index contributed by atoms with van der Waals surface area (Å²) >= 11 is 1.58. The molecular formula is C19H15NO2S. The van der Waals surface area contributed by atoms with E-state index in [0.29, 0.717) is 5.90 Å². The lowest BCUT2D eigenvalue weighted by Gasteiger charge is -2.24. The van der Waals surface area contributed by atoms with Gasteiger partial charge in [-0.05, 0) is 35.6 Å². The topological polar surface area (TPSA) is 38.7 Å². The van der Waals surface area contributed by atoms with Gasteiger partial charge in [0.15, 0.2) is 0 Å². The number of benzene rings is 2. The van der Waals surface area contributed by atoms with Gasteiger partial charge in [-0.3, -0.25) is 4.79 Å². The highest BCUT2D eigenvalue weighted by molar-refractivity contribution is 8.03. The molecule has 2 aliphatic rings. The smallest absolute Gasteiger partial charge is 0.323 e. The van der Waals surface area contributed by atoms with Gasteiger partial charge in [-0.15, -0.1) is 11.8 Å². The van der Waals surface area contributed by atoms with Gasteiger partial charge in [0.1, 0.15) is 11.3 Å². The predicted octanol–water partition coefficient (Wildman–Crippen LogP) is 4.03. The number of esters is 1. The van der Waals surface area contributed by atoms with Crippen molar-refractivity contribution in [3.05, 3.63) is 76.7 Å². The summed E-state index contributed by atoms with van der Waals surface area (Å²) in [6.45, 7) is 2.03. The molecule has 0 N–H and O–H groups in total. The zero-order valence-corrected chi connectivity index (χ0v) is 13.4. The van der Waals surface area contributed by atoms with Gasteiger partial charge in [0, 0.05) is 5.56 Å². The maximum absolute atomic E-state index is 12.6. The highest BCUT2D eigenvalue weighted by Gasteiger charge is 2.42. The Bertz CT molecular complexity index is 809. The molecule has 0 fully saturated rings. The maximum Gasteiger partial charge on any atom is 0.323 e. The monoisotopic (exact) mass is 321 g/mol. The molecule has 2 aromatic rings. The normalized spacial score (nSPS) is 22.9. The molecule has 114 valence electrons. The molecule has 3 nitrogen and oxygen atoms in total. The van der Waals surface area contributed by atoms with Crippen LogP contribution >= 0.6 is 11.8 Å². The van der Waals surface area contributed by atoms with Gasteiger partial charge in [0.2, 0.25) is 5.90 Å². The average molecular weight is 321 g/mol. The fourth-order valence-corrected chi connectivity index (χ4v) is 3.95. The lowest BCUT2D eigenvalue weighted by atomic mass is 9.93. The Morgan fingerprint density at radius 1 is 1.00 bits per heavy atom. The Kier molecular flexibility index (Phi) is 3.54. The predicted molar refractivity (Wildman–Crippen MR) is 93.1 cm³/mol. The Balaban J connectivity index is 1.65. The van der Waals surface area contributed by atoms with Crippen molar-refractivity contribution in [2.75, 3.05) is 0 Å². The first kappa shape index (κ1) is 14.3. The summed E-state index contributed by atoms with van der Waals surface area (Å²) in [4.78, 5) is 17.2. The third kappa shape index (κ3) is 2.59. The molecule has 0 aromatic heterocycles. The Morgan fingerprint density at radius 2 is 1.74 bits per heavy atom. The summed E-state index contributed by atoms with van der Waals surface area (Å²) in [7, 11) is 0. The SMILES string of the molecule is Cc1ccc(C2=N[C@@H]3SC=C(c4ccccc4)[C@H]3C(=O)O2)cc1. The van der Waals surface area contributed by atoms with E-state index >= 15 is 0 Å². The standard InChI is InChI=1S/C19H15NO2S/c1-12-7-9-14(10-8-12)17-20-18-16(19(21)22-17)15(11-23-18)13-5-3-2-4-6-13/h2-11,16,18H,1H3/t16-,18-/m1/s1. The van der Waals surface area contributed by atoms with Crippen LogP contribution in [-0.2, 0) is 9.53 Å². The number of rotatable bonds is 2. The van der Waals surface area contributed by atoms with Crippen LogP contribution in [0.15, 0.2) is 65.0 Å². The zero-order valence-electron chi connectivity index (χ0n) is 12.6. The van der Waals surface area contributed by atoms with Gasteiger partial charge < -0.3 is 4.74 Å². The second kappa shape index (κ2) is 5.70. The zero-order chi connectivity index (χ0) is 15.8. The summed E-state index contributed by atoms with van der Waals surface area (Å²) in [5.74, 6) is -0.122. The van der Waals surface area contributed by atoms with Crippen molar-refractivity contribution in [3.63, 3.8) is 0 Å². The molecule has 0 spiro atoms. The Labute approximate surface area is 139 Å². The molecule has 0 aliphatic carbocycles. The molecule has 0 saturated carbocycles. The van der Waals surface area contributed by atoms with Gasteiger partial charge >= 0.3 is 5.97 Å². The number of nitrogens with zero attached hydrogens (tertiary/aromatic N) is 1. The lowest BCUT2D eigenvalue weighted by Crippen LogP contribution is -2.33. The lowest BCUT2D eigenvalue weighted by molar-refractivity contribution is -0.138. The van der Waals surface area contributed by atoms with Crippen molar-refractivity contribution in [2.24, 2.45) is 10.9 Å². The molecule has 2 atom stereocenters. The Morgan fingerprint density at radius 3 is 2.48 bits per heavy atom. The number of carbonyl (C=O) groups excluding carboxylic acids is 1. The van der Waals surface area contributed by atoms with Gasteiger partial charge in [-0.25, -0.2) is 4.99 Å². The molecule has 0 bridgehead atoms. The average Bonchev–Trinajstić information content (AvgIpc) is 3.01. The second-order valence-corrected chi connectivity index (χ2v) is 6.66. The fraction of sp³-hybridized carbons (Fsp3) is 0.158. The van der Waals surface area contributed by atoms with Gasteiger partial charge in [0.05, 0.1) is 0 Å². The van der Waals surface area contributed by atoms with Gasteiger partial charge in [0.25, 0.3) is 0 Å². The minimum absolute atomic E-state index is 0.136. The molecule has 23 heavy (non-hydrogen) atoms. The summed E-state index contributed by atoms with van der Waals surface area (Å²) in [5.41, 5.74) is 4.06. The van der Waals surface area contributed by atoms with E-state index < -0.39 is 0 Å². The van der Waals surface area contributed by atoms with E-state index in [-0.39, 0.29) is 17.3 Å². The van der Waals surface area contributed by atoms with Crippen LogP contribution < -0.4 is 0 Å². The van der Waals surface area contributed by atoms with E-state index in [4.69, 9.17) is 4.74 Å². The van der Waals surface area contributed by atoms with E-state index in [9.17, 15) is 4.79 Å². The number of fused-ring (bicyclic) bond motifs is 1. The molecule has 0 amide bonds. The first-order valence-corrected chi connectivity index (χ1v) is 8.44. The minimum Gasteiger partial charge on any atom is -0.407 e. The number of cyclic esters (lactones) is 1. The summed E-state index contributed by atoms with van der Waals surface area (Å²) in [6, 6.07) is 17.8. The third-order valence-electron chi connectivity index (χ3n) is 4.06. The molecule has 4 rings (SSSR count). The fourth-order valence-electron chi connectivity index (χ4n) is 2.81. The van der Waals surface area contributed by atoms with Crippen LogP contribution in [0.1, 0.15) is 16.7 Å². The third-order valence-corrected chi connectivity index (χ3v) is 5.10. The molecule has 0 unspecified atom stereocenters. The van der Waals surface area contributed by atoms with E-state index in [1.165, 1.54) is 0 Å². The van der Waals surface area contributed by atoms with E-state index in [1.54, 1.807) is 11.8 Å². The van der Waals surface area contributed by atoms with Gasteiger partial charge in [-0.1, -0.05) is 48.0 Å². The first-order chi connectivity index (χ1) is 11.2. The number of carbonyl (C=O) groups is 1. The van der Waals surface area contributed by atoms with Crippen LogP contribution in [0, 0.1) is 12.8 Å². The molecule has 0 saturated heterocycles. The number of aliphatic imine (C=N–C) groups is 1. The van der Waals surface area contributed by atoms with Gasteiger partial charge in [-0.2, -0.15) is 0 Å². The highest BCUT2D eigenvalue weighted by atomic mass is 32.2. The minimum atomic E-state index is -0.323. The van der Waals surface area contributed by atoms with Crippen LogP contribution in [0.3, 0.4) is 0 Å². The number of hydrogen-bond donors (Lipinski definition) is 0. The van der Waals surface area contributed by atoms with Crippen molar-refractivity contribution >= 4 is 29.2 Å². The Hall–Kier alpha value is -2.33. The van der Waals surface area contributed by atoms with E-state index in [1.807, 2.05) is 66.9 Å². The molecular weight excluding hydrogens is 306 g/mol. The molecule has 2 heterocycles. The number of thioether (sulfide) groups is 1. The van der Waals surface area contributed by atoms with Crippen LogP contribution in [-0.4, -0.2) is 17.2 Å². The van der Waals surface area contributed by atoms with Crippen molar-refractivity contribution in [1.29, 1.82) is 0 Å². The largest absolute Gasteiger partial charge is 0.407 e. The van der Waals surface area contributed by atoms with Crippen LogP contribution in [0.25, 0.3) is 5.57 Å². The first-order valence-electron chi connectivity index (χ1n) is 7.50. The molecule has 2 aliphatic heterocycles. The number of aryl methyl sites for hydroxylation is 1. The summed E-state index contributed by atoms with van der Waals surface area (Å²) < 4.78 is 5.53. The highest BCUT2D eigenvalue weighted by Crippen LogP contribution is 2.44. The van der Waals surface area contributed by atoms with Crippen molar-refractivity contribution in [2.45, 2.75) is 12.3 Å². The molecule has 4 heteroatoms. The van der Waals surface area contributed by atoms with E-state index in [2.05, 4.69) is 4.99 Å². The van der Waals surface area contributed by atoms with Crippen LogP contribution in [0.4, 0.5) is 0 Å². The summed E-state index contributed by atoms with van der Waals surface area (Å²) in [6.07, 6.45) is 0. The second-order valence-electron chi connectivity index (χ2n) is 5.66. The van der Waals surface area contributed by atoms with Crippen molar-refractivity contribution < 1.29 is 9.53 Å². The van der Waals surface area contributed by atoms with E-state index in [0.717, 1.165) is 22.3 Å². The summed E-state index contributed by atoms with van der Waals surface area (Å²) in [5, 5.41) is 1.90. The van der Waals surface area contributed by atoms with Crippen molar-refractivity contribution in [1.82, 2.24) is 0 Å². The number of hydrogen-bond acceptors (Lipinski definition) is 4.